The highest BCUT2D eigenvalue weighted by atomic mass is 16.5. The van der Waals surface area contributed by atoms with Crippen molar-refractivity contribution in [2.24, 2.45) is 0 Å². The molecule has 0 aliphatic heterocycles. The maximum Gasteiger partial charge on any atom is 0.289 e. The van der Waals surface area contributed by atoms with E-state index in [1.54, 1.807) is 45.2 Å². The van der Waals surface area contributed by atoms with Crippen LogP contribution in [0.2, 0.25) is 0 Å². The maximum atomic E-state index is 12.7. The lowest BCUT2D eigenvalue weighted by Crippen LogP contribution is -2.15. The number of carbonyl (C=O) groups is 1. The highest BCUT2D eigenvalue weighted by molar-refractivity contribution is 6.03. The molecule has 0 fully saturated rings. The molecule has 0 spiro atoms. The third kappa shape index (κ3) is 4.76. The second-order valence-electron chi connectivity index (χ2n) is 7.00. The molecule has 1 aromatic heterocycles. The molecule has 0 bridgehead atoms. The van der Waals surface area contributed by atoms with E-state index in [-0.39, 0.29) is 5.57 Å². The lowest BCUT2D eigenvalue weighted by molar-refractivity contribution is 0.0943. The average Bonchev–Trinajstić information content (AvgIpc) is 3.08. The summed E-state index contributed by atoms with van der Waals surface area (Å²) in [5, 5.41) is 13.7. The summed E-state index contributed by atoms with van der Waals surface area (Å²) in [7, 11) is 1.55. The molecule has 0 unspecified atom stereocenters. The third-order valence-corrected chi connectivity index (χ3v) is 4.53. The summed E-state index contributed by atoms with van der Waals surface area (Å²) in [6, 6.07) is 17.1. The van der Waals surface area contributed by atoms with Crippen molar-refractivity contribution < 1.29 is 14.3 Å². The van der Waals surface area contributed by atoms with Gasteiger partial charge in [-0.1, -0.05) is 35.9 Å². The fraction of sp³-hybridized carbons (Fsp3) is 0.208. The van der Waals surface area contributed by atoms with Gasteiger partial charge in [0.2, 0.25) is 0 Å². The fourth-order valence-electron chi connectivity index (χ4n) is 3.11. The van der Waals surface area contributed by atoms with E-state index in [1.165, 1.54) is 16.3 Å². The quantitative estimate of drug-likeness (QED) is 0.444. The standard InChI is InChI=1S/C24H23N3O3/c1-16-6-5-7-20(10-16)15-30-22-9-8-19(13-23(22)29-4)12-21(14-25)24(28)27-18(3)11-17(2)26-27/h5-13H,15H2,1-4H3/b21-12+. The number of aryl methyl sites for hydroxylation is 3. The van der Waals surface area contributed by atoms with Crippen molar-refractivity contribution in [1.29, 1.82) is 5.26 Å². The molecular formula is C24H23N3O3. The molecule has 3 rings (SSSR count). The van der Waals surface area contributed by atoms with Crippen LogP contribution < -0.4 is 9.47 Å². The Morgan fingerprint density at radius 1 is 1.13 bits per heavy atom. The SMILES string of the molecule is COc1cc(/C=C(\C#N)C(=O)n2nc(C)cc2C)ccc1OCc1cccc(C)c1. The smallest absolute Gasteiger partial charge is 0.289 e. The Labute approximate surface area is 176 Å². The number of ether oxygens (including phenoxy) is 2. The zero-order chi connectivity index (χ0) is 21.7. The summed E-state index contributed by atoms with van der Waals surface area (Å²) in [5.74, 6) is 0.633. The first-order valence-corrected chi connectivity index (χ1v) is 9.47. The van der Waals surface area contributed by atoms with Gasteiger partial charge in [-0.05, 0) is 56.2 Å². The van der Waals surface area contributed by atoms with Gasteiger partial charge in [0.25, 0.3) is 5.91 Å². The van der Waals surface area contributed by atoms with Gasteiger partial charge in [-0.15, -0.1) is 0 Å². The zero-order valence-electron chi connectivity index (χ0n) is 17.5. The van der Waals surface area contributed by atoms with E-state index >= 15 is 0 Å². The Balaban J connectivity index is 1.83. The molecule has 3 aromatic rings. The average molecular weight is 401 g/mol. The molecule has 0 saturated heterocycles. The summed E-state index contributed by atoms with van der Waals surface area (Å²) in [6.07, 6.45) is 1.52. The minimum atomic E-state index is -0.471. The van der Waals surface area contributed by atoms with Crippen molar-refractivity contribution in [3.05, 3.63) is 82.2 Å². The summed E-state index contributed by atoms with van der Waals surface area (Å²) < 4.78 is 12.6. The minimum absolute atomic E-state index is 0.0170. The summed E-state index contributed by atoms with van der Waals surface area (Å²) in [6.45, 7) is 6.02. The predicted octanol–water partition coefficient (Wildman–Crippen LogP) is 4.64. The predicted molar refractivity (Wildman–Crippen MR) is 114 cm³/mol. The van der Waals surface area contributed by atoms with Crippen LogP contribution in [-0.2, 0) is 6.61 Å². The number of aromatic nitrogens is 2. The van der Waals surface area contributed by atoms with Gasteiger partial charge in [-0.3, -0.25) is 4.79 Å². The lowest BCUT2D eigenvalue weighted by Gasteiger charge is -2.12. The number of allylic oxidation sites excluding steroid dienone is 1. The van der Waals surface area contributed by atoms with Gasteiger partial charge in [0.05, 0.1) is 12.8 Å². The van der Waals surface area contributed by atoms with Crippen molar-refractivity contribution in [3.8, 4) is 17.6 Å². The van der Waals surface area contributed by atoms with Crippen molar-refractivity contribution in [3.63, 3.8) is 0 Å². The first kappa shape index (κ1) is 20.9. The van der Waals surface area contributed by atoms with Gasteiger partial charge < -0.3 is 9.47 Å². The summed E-state index contributed by atoms with van der Waals surface area (Å²) in [5.41, 5.74) is 4.26. The lowest BCUT2D eigenvalue weighted by atomic mass is 10.1. The third-order valence-electron chi connectivity index (χ3n) is 4.53. The Hall–Kier alpha value is -3.85. The Kier molecular flexibility index (Phi) is 6.33. The molecule has 6 nitrogen and oxygen atoms in total. The zero-order valence-corrected chi connectivity index (χ0v) is 17.5. The van der Waals surface area contributed by atoms with Crippen LogP contribution in [0.3, 0.4) is 0 Å². The van der Waals surface area contributed by atoms with E-state index in [4.69, 9.17) is 9.47 Å². The van der Waals surface area contributed by atoms with Crippen molar-refractivity contribution >= 4 is 12.0 Å². The number of carbonyl (C=O) groups excluding carboxylic acids is 1. The number of methoxy groups -OCH3 is 1. The van der Waals surface area contributed by atoms with Crippen LogP contribution in [-0.4, -0.2) is 22.8 Å². The molecule has 0 saturated carbocycles. The van der Waals surface area contributed by atoms with Gasteiger partial charge in [-0.2, -0.15) is 10.4 Å². The van der Waals surface area contributed by atoms with Gasteiger partial charge in [0.15, 0.2) is 11.5 Å². The molecule has 0 amide bonds. The Morgan fingerprint density at radius 3 is 2.57 bits per heavy atom. The number of hydrogen-bond donors (Lipinski definition) is 0. The van der Waals surface area contributed by atoms with Gasteiger partial charge in [-0.25, -0.2) is 4.68 Å². The van der Waals surface area contributed by atoms with E-state index in [2.05, 4.69) is 11.2 Å². The number of rotatable bonds is 6. The molecule has 1 heterocycles. The molecule has 0 atom stereocenters. The van der Waals surface area contributed by atoms with E-state index in [0.717, 1.165) is 11.3 Å². The van der Waals surface area contributed by atoms with E-state index in [0.29, 0.717) is 29.4 Å². The molecule has 6 heteroatoms. The highest BCUT2D eigenvalue weighted by Crippen LogP contribution is 2.30. The topological polar surface area (TPSA) is 77.1 Å². The normalized spacial score (nSPS) is 11.1. The summed E-state index contributed by atoms with van der Waals surface area (Å²) >= 11 is 0. The fourth-order valence-corrected chi connectivity index (χ4v) is 3.11. The van der Waals surface area contributed by atoms with Crippen molar-refractivity contribution in [2.75, 3.05) is 7.11 Å². The molecule has 0 aliphatic carbocycles. The van der Waals surface area contributed by atoms with Crippen LogP contribution >= 0.6 is 0 Å². The molecule has 0 radical (unpaired) electrons. The molecule has 152 valence electrons. The second-order valence-corrected chi connectivity index (χ2v) is 7.00. The van der Waals surface area contributed by atoms with Crippen LogP contribution in [0.1, 0.15) is 32.9 Å². The van der Waals surface area contributed by atoms with E-state index < -0.39 is 5.91 Å². The van der Waals surface area contributed by atoms with Gasteiger partial charge >= 0.3 is 0 Å². The van der Waals surface area contributed by atoms with Crippen LogP contribution in [0, 0.1) is 32.1 Å². The summed E-state index contributed by atoms with van der Waals surface area (Å²) in [4.78, 5) is 12.7. The van der Waals surface area contributed by atoms with Gasteiger partial charge in [0.1, 0.15) is 18.2 Å². The second kappa shape index (κ2) is 9.10. The monoisotopic (exact) mass is 401 g/mol. The molecule has 0 N–H and O–H groups in total. The van der Waals surface area contributed by atoms with E-state index in [1.807, 2.05) is 31.2 Å². The molecule has 2 aromatic carbocycles. The van der Waals surface area contributed by atoms with Gasteiger partial charge in [0, 0.05) is 5.69 Å². The van der Waals surface area contributed by atoms with Crippen LogP contribution in [0.15, 0.2) is 54.1 Å². The van der Waals surface area contributed by atoms with Crippen LogP contribution in [0.4, 0.5) is 0 Å². The maximum absolute atomic E-state index is 12.7. The number of hydrogen-bond acceptors (Lipinski definition) is 5. The Bertz CT molecular complexity index is 1150. The molecular weight excluding hydrogens is 378 g/mol. The number of benzene rings is 2. The minimum Gasteiger partial charge on any atom is -0.493 e. The number of nitriles is 1. The Morgan fingerprint density at radius 2 is 1.93 bits per heavy atom. The number of nitrogens with zero attached hydrogens (tertiary/aromatic N) is 3. The largest absolute Gasteiger partial charge is 0.493 e. The highest BCUT2D eigenvalue weighted by Gasteiger charge is 2.16. The van der Waals surface area contributed by atoms with Crippen molar-refractivity contribution in [2.45, 2.75) is 27.4 Å². The van der Waals surface area contributed by atoms with Crippen molar-refractivity contribution in [1.82, 2.24) is 9.78 Å². The first-order chi connectivity index (χ1) is 14.4. The van der Waals surface area contributed by atoms with Crippen LogP contribution in [0.5, 0.6) is 11.5 Å². The van der Waals surface area contributed by atoms with Crippen LogP contribution in [0.25, 0.3) is 6.08 Å². The first-order valence-electron chi connectivity index (χ1n) is 9.47. The van der Waals surface area contributed by atoms with E-state index in [9.17, 15) is 10.1 Å². The molecule has 30 heavy (non-hydrogen) atoms. The molecule has 0 aliphatic rings.